The summed E-state index contributed by atoms with van der Waals surface area (Å²) in [6.45, 7) is 0.214. The van der Waals surface area contributed by atoms with Crippen LogP contribution in [0.3, 0.4) is 0 Å². The Bertz CT molecular complexity index is 424. The number of esters is 1. The van der Waals surface area contributed by atoms with Gasteiger partial charge >= 0.3 is 5.97 Å². The first kappa shape index (κ1) is 12.9. The quantitative estimate of drug-likeness (QED) is 0.371. The van der Waals surface area contributed by atoms with Crippen molar-refractivity contribution < 1.29 is 14.5 Å². The number of non-ortho nitro benzene ring substituents is 1. The molecule has 0 atom stereocenters. The number of halogens is 2. The summed E-state index contributed by atoms with van der Waals surface area (Å²) in [6.07, 6.45) is 0. The molecule has 0 N–H and O–H groups in total. The SMILES string of the molecule is O=C(OCCBr)c1ccc([N+](=O)[O-])cc1Cl. The Morgan fingerprint density at radius 2 is 2.25 bits per heavy atom. The molecule has 5 nitrogen and oxygen atoms in total. The standard InChI is InChI=1S/C9H7BrClNO4/c10-3-4-16-9(13)7-2-1-6(12(14)15)5-8(7)11/h1-2,5H,3-4H2. The van der Waals surface area contributed by atoms with Crippen molar-refractivity contribution in [2.75, 3.05) is 11.9 Å². The highest BCUT2D eigenvalue weighted by molar-refractivity contribution is 9.09. The summed E-state index contributed by atoms with van der Waals surface area (Å²) < 4.78 is 4.82. The Labute approximate surface area is 105 Å². The average Bonchev–Trinajstić information content (AvgIpc) is 2.25. The molecule has 0 unspecified atom stereocenters. The number of carbonyl (C=O) groups is 1. The van der Waals surface area contributed by atoms with Gasteiger partial charge in [-0.25, -0.2) is 4.79 Å². The second kappa shape index (κ2) is 5.81. The zero-order valence-corrected chi connectivity index (χ0v) is 10.3. The van der Waals surface area contributed by atoms with Crippen LogP contribution in [-0.4, -0.2) is 22.8 Å². The predicted molar refractivity (Wildman–Crippen MR) is 62.2 cm³/mol. The van der Waals surface area contributed by atoms with Crippen LogP contribution in [0.25, 0.3) is 0 Å². The molecule has 0 saturated carbocycles. The summed E-state index contributed by atoms with van der Waals surface area (Å²) in [4.78, 5) is 21.3. The third kappa shape index (κ3) is 3.18. The molecule has 0 aliphatic rings. The second-order valence-electron chi connectivity index (χ2n) is 2.75. The first-order chi connectivity index (χ1) is 7.56. The molecule has 1 rings (SSSR count). The highest BCUT2D eigenvalue weighted by atomic mass is 79.9. The summed E-state index contributed by atoms with van der Waals surface area (Å²) in [5.74, 6) is -0.598. The van der Waals surface area contributed by atoms with Gasteiger partial charge in [0.2, 0.25) is 0 Å². The Balaban J connectivity index is 2.90. The highest BCUT2D eigenvalue weighted by Gasteiger charge is 2.15. The van der Waals surface area contributed by atoms with Gasteiger partial charge in [0.05, 0.1) is 15.5 Å². The van der Waals surface area contributed by atoms with Gasteiger partial charge in [-0.2, -0.15) is 0 Å². The number of nitro benzene ring substituents is 1. The zero-order valence-electron chi connectivity index (χ0n) is 7.98. The van der Waals surface area contributed by atoms with E-state index in [9.17, 15) is 14.9 Å². The summed E-state index contributed by atoms with van der Waals surface area (Å²) in [7, 11) is 0. The number of rotatable bonds is 4. The molecule has 1 aromatic rings. The lowest BCUT2D eigenvalue weighted by atomic mass is 10.2. The van der Waals surface area contributed by atoms with E-state index in [0.29, 0.717) is 5.33 Å². The number of carbonyl (C=O) groups excluding carboxylic acids is 1. The minimum atomic E-state index is -0.598. The molecular weight excluding hydrogens is 301 g/mol. The lowest BCUT2D eigenvalue weighted by Crippen LogP contribution is -2.07. The van der Waals surface area contributed by atoms with E-state index in [1.165, 1.54) is 12.1 Å². The van der Waals surface area contributed by atoms with Crippen LogP contribution in [0.2, 0.25) is 5.02 Å². The van der Waals surface area contributed by atoms with Gasteiger partial charge in [0.1, 0.15) is 6.61 Å². The van der Waals surface area contributed by atoms with Crippen molar-refractivity contribution in [1.82, 2.24) is 0 Å². The molecule has 0 heterocycles. The van der Waals surface area contributed by atoms with Crippen LogP contribution in [0, 0.1) is 10.1 Å². The van der Waals surface area contributed by atoms with E-state index in [4.69, 9.17) is 16.3 Å². The lowest BCUT2D eigenvalue weighted by Gasteiger charge is -2.04. The number of benzene rings is 1. The van der Waals surface area contributed by atoms with Gasteiger partial charge in [0, 0.05) is 17.5 Å². The van der Waals surface area contributed by atoms with E-state index < -0.39 is 10.9 Å². The van der Waals surface area contributed by atoms with Crippen molar-refractivity contribution in [2.45, 2.75) is 0 Å². The molecule has 0 saturated heterocycles. The van der Waals surface area contributed by atoms with Crippen LogP contribution in [0.15, 0.2) is 18.2 Å². The molecule has 0 fully saturated rings. The monoisotopic (exact) mass is 307 g/mol. The number of hydrogen-bond acceptors (Lipinski definition) is 4. The lowest BCUT2D eigenvalue weighted by molar-refractivity contribution is -0.384. The summed E-state index contributed by atoms with van der Waals surface area (Å²) >= 11 is 8.83. The second-order valence-corrected chi connectivity index (χ2v) is 3.95. The van der Waals surface area contributed by atoms with Gasteiger partial charge in [0.15, 0.2) is 0 Å². The van der Waals surface area contributed by atoms with Crippen molar-refractivity contribution in [1.29, 1.82) is 0 Å². The Morgan fingerprint density at radius 3 is 2.75 bits per heavy atom. The molecule has 0 aromatic heterocycles. The molecular formula is C9H7BrClNO4. The molecule has 0 bridgehead atoms. The van der Waals surface area contributed by atoms with E-state index in [1.807, 2.05) is 0 Å². The van der Waals surface area contributed by atoms with Crippen LogP contribution < -0.4 is 0 Å². The minimum Gasteiger partial charge on any atom is -0.461 e. The zero-order chi connectivity index (χ0) is 12.1. The third-order valence-electron chi connectivity index (χ3n) is 1.69. The van der Waals surface area contributed by atoms with Crippen molar-refractivity contribution in [3.05, 3.63) is 38.9 Å². The topological polar surface area (TPSA) is 69.4 Å². The summed E-state index contributed by atoms with van der Waals surface area (Å²) in [5.41, 5.74) is -0.0461. The maximum Gasteiger partial charge on any atom is 0.339 e. The third-order valence-corrected chi connectivity index (χ3v) is 2.33. The van der Waals surface area contributed by atoms with Crippen LogP contribution in [-0.2, 0) is 4.74 Å². The molecule has 0 amide bonds. The van der Waals surface area contributed by atoms with E-state index in [-0.39, 0.29) is 22.9 Å². The first-order valence-corrected chi connectivity index (χ1v) is 5.73. The Morgan fingerprint density at radius 1 is 1.56 bits per heavy atom. The smallest absolute Gasteiger partial charge is 0.339 e. The van der Waals surface area contributed by atoms with E-state index >= 15 is 0 Å². The first-order valence-electron chi connectivity index (χ1n) is 4.23. The molecule has 0 aliphatic carbocycles. The number of hydrogen-bond donors (Lipinski definition) is 0. The fourth-order valence-corrected chi connectivity index (χ4v) is 1.41. The van der Waals surface area contributed by atoms with E-state index in [0.717, 1.165) is 6.07 Å². The molecule has 1 aromatic carbocycles. The van der Waals surface area contributed by atoms with E-state index in [2.05, 4.69) is 15.9 Å². The van der Waals surface area contributed by atoms with E-state index in [1.54, 1.807) is 0 Å². The van der Waals surface area contributed by atoms with Crippen LogP contribution in [0.5, 0.6) is 0 Å². The maximum atomic E-state index is 11.4. The minimum absolute atomic E-state index is 0.00812. The van der Waals surface area contributed by atoms with Gasteiger partial charge in [-0.3, -0.25) is 10.1 Å². The maximum absolute atomic E-state index is 11.4. The number of nitro groups is 1. The van der Waals surface area contributed by atoms with Gasteiger partial charge in [-0.05, 0) is 6.07 Å². The molecule has 0 aliphatic heterocycles. The summed E-state index contributed by atoms with van der Waals surface area (Å²) in [6, 6.07) is 3.60. The van der Waals surface area contributed by atoms with Crippen molar-refractivity contribution in [3.8, 4) is 0 Å². The molecule has 16 heavy (non-hydrogen) atoms. The van der Waals surface area contributed by atoms with Crippen molar-refractivity contribution in [3.63, 3.8) is 0 Å². The van der Waals surface area contributed by atoms with Gasteiger partial charge in [-0.1, -0.05) is 27.5 Å². The normalized spacial score (nSPS) is 9.88. The molecule has 7 heteroatoms. The fraction of sp³-hybridized carbons (Fsp3) is 0.222. The number of alkyl halides is 1. The van der Waals surface area contributed by atoms with Gasteiger partial charge in [0.25, 0.3) is 5.69 Å². The van der Waals surface area contributed by atoms with Crippen LogP contribution in [0.4, 0.5) is 5.69 Å². The van der Waals surface area contributed by atoms with Crippen molar-refractivity contribution >= 4 is 39.2 Å². The predicted octanol–water partition coefficient (Wildman–Crippen LogP) is 2.80. The number of ether oxygens (including phenoxy) is 1. The van der Waals surface area contributed by atoms with Gasteiger partial charge in [-0.15, -0.1) is 0 Å². The summed E-state index contributed by atoms with van der Waals surface area (Å²) in [5, 5.41) is 11.0. The fourth-order valence-electron chi connectivity index (χ4n) is 0.992. The molecule has 0 spiro atoms. The largest absolute Gasteiger partial charge is 0.461 e. The Kier molecular flexibility index (Phi) is 4.70. The average molecular weight is 309 g/mol. The van der Waals surface area contributed by atoms with Gasteiger partial charge < -0.3 is 4.74 Å². The highest BCUT2D eigenvalue weighted by Crippen LogP contribution is 2.23. The molecule has 86 valence electrons. The van der Waals surface area contributed by atoms with Crippen molar-refractivity contribution in [2.24, 2.45) is 0 Å². The van der Waals surface area contributed by atoms with Crippen LogP contribution >= 0.6 is 27.5 Å². The Hall–Kier alpha value is -1.14. The van der Waals surface area contributed by atoms with Crippen LogP contribution in [0.1, 0.15) is 10.4 Å². The number of nitrogens with zero attached hydrogens (tertiary/aromatic N) is 1. The molecule has 0 radical (unpaired) electrons.